The van der Waals surface area contributed by atoms with Gasteiger partial charge in [0.15, 0.2) is 0 Å². The van der Waals surface area contributed by atoms with Gasteiger partial charge in [-0.05, 0) is 18.6 Å². The lowest BCUT2D eigenvalue weighted by molar-refractivity contribution is 0.169. The van der Waals surface area contributed by atoms with E-state index in [1.165, 1.54) is 0 Å². The minimum Gasteiger partial charge on any atom is -0.392 e. The van der Waals surface area contributed by atoms with E-state index in [1.54, 1.807) is 0 Å². The van der Waals surface area contributed by atoms with Crippen LogP contribution in [0.25, 0.3) is 11.4 Å². The van der Waals surface area contributed by atoms with Crippen LogP contribution in [0, 0.1) is 0 Å². The van der Waals surface area contributed by atoms with Gasteiger partial charge >= 0.3 is 0 Å². The van der Waals surface area contributed by atoms with E-state index in [1.807, 2.05) is 24.3 Å². The number of aromatic nitrogens is 2. The fourth-order valence-corrected chi connectivity index (χ4v) is 2.61. The van der Waals surface area contributed by atoms with Gasteiger partial charge in [0.05, 0.1) is 12.6 Å². The van der Waals surface area contributed by atoms with Crippen LogP contribution in [0.1, 0.15) is 12.3 Å². The lowest BCUT2D eigenvalue weighted by Gasteiger charge is -2.10. The second-order valence-corrected chi connectivity index (χ2v) is 5.62. The van der Waals surface area contributed by atoms with Crippen molar-refractivity contribution in [2.24, 2.45) is 0 Å². The Morgan fingerprint density at radius 2 is 2.37 bits per heavy atom. The highest BCUT2D eigenvalue weighted by molar-refractivity contribution is 9.10. The lowest BCUT2D eigenvalue weighted by Crippen LogP contribution is -2.21. The third-order valence-corrected chi connectivity index (χ3v) is 3.65. The van der Waals surface area contributed by atoms with Crippen LogP contribution < -0.4 is 0 Å². The van der Waals surface area contributed by atoms with Crippen LogP contribution in [0.3, 0.4) is 0 Å². The molecule has 2 aromatic rings. The maximum absolute atomic E-state index is 9.48. The van der Waals surface area contributed by atoms with E-state index in [2.05, 4.69) is 31.0 Å². The molecule has 1 aromatic heterocycles. The van der Waals surface area contributed by atoms with Gasteiger partial charge in [-0.15, -0.1) is 0 Å². The molecule has 6 heteroatoms. The SMILES string of the molecule is OC1CCN(Cc2nc(-c3cccc(Br)c3)no2)C1. The summed E-state index contributed by atoms with van der Waals surface area (Å²) in [5.74, 6) is 1.18. The first-order chi connectivity index (χ1) is 9.20. The zero-order valence-electron chi connectivity index (χ0n) is 10.3. The molecule has 1 saturated heterocycles. The zero-order valence-corrected chi connectivity index (χ0v) is 11.9. The largest absolute Gasteiger partial charge is 0.392 e. The van der Waals surface area contributed by atoms with Crippen molar-refractivity contribution in [3.63, 3.8) is 0 Å². The molecule has 0 bridgehead atoms. The number of aliphatic hydroxyl groups excluding tert-OH is 1. The number of halogens is 1. The van der Waals surface area contributed by atoms with E-state index in [0.717, 1.165) is 23.0 Å². The Kier molecular flexibility index (Phi) is 3.63. The highest BCUT2D eigenvalue weighted by Gasteiger charge is 2.22. The van der Waals surface area contributed by atoms with Gasteiger partial charge in [-0.25, -0.2) is 0 Å². The Bertz CT molecular complexity index is 573. The molecule has 1 atom stereocenters. The number of nitrogens with zero attached hydrogens (tertiary/aromatic N) is 3. The van der Waals surface area contributed by atoms with Gasteiger partial charge in [0.1, 0.15) is 0 Å². The third kappa shape index (κ3) is 3.02. The van der Waals surface area contributed by atoms with Crippen LogP contribution in [0.2, 0.25) is 0 Å². The quantitative estimate of drug-likeness (QED) is 0.936. The van der Waals surface area contributed by atoms with Gasteiger partial charge < -0.3 is 9.63 Å². The maximum Gasteiger partial charge on any atom is 0.241 e. The Morgan fingerprint density at radius 3 is 3.11 bits per heavy atom. The summed E-state index contributed by atoms with van der Waals surface area (Å²) in [7, 11) is 0. The van der Waals surface area contributed by atoms with Crippen molar-refractivity contribution in [1.29, 1.82) is 0 Å². The summed E-state index contributed by atoms with van der Waals surface area (Å²) in [6.45, 7) is 2.14. The smallest absolute Gasteiger partial charge is 0.241 e. The summed E-state index contributed by atoms with van der Waals surface area (Å²) >= 11 is 3.42. The highest BCUT2D eigenvalue weighted by Crippen LogP contribution is 2.21. The number of hydrogen-bond acceptors (Lipinski definition) is 5. The van der Waals surface area contributed by atoms with E-state index in [0.29, 0.717) is 24.8 Å². The topological polar surface area (TPSA) is 62.4 Å². The van der Waals surface area contributed by atoms with Crippen molar-refractivity contribution in [1.82, 2.24) is 15.0 Å². The molecule has 1 unspecified atom stereocenters. The van der Waals surface area contributed by atoms with Gasteiger partial charge in [0.2, 0.25) is 11.7 Å². The molecule has 1 aliphatic rings. The molecule has 100 valence electrons. The second-order valence-electron chi connectivity index (χ2n) is 4.70. The lowest BCUT2D eigenvalue weighted by atomic mass is 10.2. The summed E-state index contributed by atoms with van der Waals surface area (Å²) in [6, 6.07) is 7.79. The van der Waals surface area contributed by atoms with Crippen LogP contribution in [-0.2, 0) is 6.54 Å². The zero-order chi connectivity index (χ0) is 13.2. The van der Waals surface area contributed by atoms with Gasteiger partial charge in [-0.3, -0.25) is 4.90 Å². The molecule has 0 radical (unpaired) electrons. The van der Waals surface area contributed by atoms with Crippen LogP contribution in [-0.4, -0.2) is 39.3 Å². The van der Waals surface area contributed by atoms with Crippen LogP contribution in [0.5, 0.6) is 0 Å². The second kappa shape index (κ2) is 5.40. The molecule has 5 nitrogen and oxygen atoms in total. The first-order valence-electron chi connectivity index (χ1n) is 6.19. The van der Waals surface area contributed by atoms with E-state index < -0.39 is 0 Å². The first-order valence-corrected chi connectivity index (χ1v) is 6.99. The summed E-state index contributed by atoms with van der Waals surface area (Å²) in [5, 5.41) is 13.5. The van der Waals surface area contributed by atoms with Crippen molar-refractivity contribution < 1.29 is 9.63 Å². The molecular weight excluding hydrogens is 310 g/mol. The highest BCUT2D eigenvalue weighted by atomic mass is 79.9. The van der Waals surface area contributed by atoms with Gasteiger partial charge in [-0.1, -0.05) is 33.2 Å². The van der Waals surface area contributed by atoms with Crippen molar-refractivity contribution in [3.8, 4) is 11.4 Å². The Labute approximate surface area is 119 Å². The predicted molar refractivity (Wildman–Crippen MR) is 73.3 cm³/mol. The molecule has 0 spiro atoms. The normalized spacial score (nSPS) is 20.0. The van der Waals surface area contributed by atoms with Crippen LogP contribution >= 0.6 is 15.9 Å². The predicted octanol–water partition coefficient (Wildman–Crippen LogP) is 2.07. The molecule has 1 aliphatic heterocycles. The van der Waals surface area contributed by atoms with Crippen LogP contribution in [0.4, 0.5) is 0 Å². The number of β-amino-alcohol motifs (C(OH)–C–C–N with tert-alkyl or cyclic N) is 1. The number of aliphatic hydroxyl groups is 1. The fraction of sp³-hybridized carbons (Fsp3) is 0.385. The number of rotatable bonds is 3. The Hall–Kier alpha value is -1.24. The monoisotopic (exact) mass is 323 g/mol. The molecule has 1 fully saturated rings. The van der Waals surface area contributed by atoms with E-state index in [4.69, 9.17) is 4.52 Å². The van der Waals surface area contributed by atoms with Crippen molar-refractivity contribution in [2.45, 2.75) is 19.1 Å². The molecular formula is C13H14BrN3O2. The van der Waals surface area contributed by atoms with Gasteiger partial charge in [-0.2, -0.15) is 4.98 Å². The van der Waals surface area contributed by atoms with Crippen LogP contribution in [0.15, 0.2) is 33.3 Å². The van der Waals surface area contributed by atoms with Gasteiger partial charge in [0, 0.05) is 23.1 Å². The van der Waals surface area contributed by atoms with Crippen molar-refractivity contribution in [2.75, 3.05) is 13.1 Å². The molecule has 0 saturated carbocycles. The summed E-state index contributed by atoms with van der Waals surface area (Å²) in [6.07, 6.45) is 0.583. The molecule has 1 aromatic carbocycles. The summed E-state index contributed by atoms with van der Waals surface area (Å²) < 4.78 is 6.24. The number of hydrogen-bond donors (Lipinski definition) is 1. The molecule has 3 rings (SSSR count). The Balaban J connectivity index is 1.73. The maximum atomic E-state index is 9.48. The Morgan fingerprint density at radius 1 is 1.47 bits per heavy atom. The fourth-order valence-electron chi connectivity index (χ4n) is 2.21. The number of likely N-dealkylation sites (tertiary alicyclic amines) is 1. The average molecular weight is 324 g/mol. The minimum atomic E-state index is -0.229. The van der Waals surface area contributed by atoms with Crippen molar-refractivity contribution in [3.05, 3.63) is 34.6 Å². The van der Waals surface area contributed by atoms with Gasteiger partial charge in [0.25, 0.3) is 0 Å². The van der Waals surface area contributed by atoms with E-state index >= 15 is 0 Å². The standard InChI is InChI=1S/C13H14BrN3O2/c14-10-3-1-2-9(6-10)13-15-12(19-16-13)8-17-5-4-11(18)7-17/h1-3,6,11,18H,4-5,7-8H2. The first kappa shape index (κ1) is 12.8. The summed E-state index contributed by atoms with van der Waals surface area (Å²) in [4.78, 5) is 6.50. The van der Waals surface area contributed by atoms with E-state index in [-0.39, 0.29) is 6.10 Å². The molecule has 2 heterocycles. The minimum absolute atomic E-state index is 0.229. The van der Waals surface area contributed by atoms with Crippen molar-refractivity contribution >= 4 is 15.9 Å². The molecule has 0 aliphatic carbocycles. The molecule has 0 amide bonds. The third-order valence-electron chi connectivity index (χ3n) is 3.16. The number of benzene rings is 1. The summed E-state index contributed by atoms with van der Waals surface area (Å²) in [5.41, 5.74) is 0.922. The average Bonchev–Trinajstić information content (AvgIpc) is 2.99. The van der Waals surface area contributed by atoms with E-state index in [9.17, 15) is 5.11 Å². The molecule has 19 heavy (non-hydrogen) atoms. The molecule has 1 N–H and O–H groups in total.